The Labute approximate surface area is 91.2 Å². The van der Waals surface area contributed by atoms with Crippen LogP contribution in [0.1, 0.15) is 5.56 Å². The molecule has 0 aliphatic heterocycles. The highest BCUT2D eigenvalue weighted by molar-refractivity contribution is 9.08. The molecule has 1 aromatic heterocycles. The number of benzene rings is 1. The largest absolute Gasteiger partial charge is 0.245 e. The lowest BCUT2D eigenvalue weighted by atomic mass is 10.1. The van der Waals surface area contributed by atoms with Gasteiger partial charge in [-0.05, 0) is 11.6 Å². The van der Waals surface area contributed by atoms with Gasteiger partial charge < -0.3 is 0 Å². The van der Waals surface area contributed by atoms with Crippen LogP contribution < -0.4 is 0 Å². The van der Waals surface area contributed by atoms with Crippen LogP contribution in [0.3, 0.4) is 0 Å². The van der Waals surface area contributed by atoms with E-state index in [1.807, 2.05) is 6.07 Å². The first-order valence-electron chi connectivity index (χ1n) is 4.31. The molecule has 70 valence electrons. The van der Waals surface area contributed by atoms with Gasteiger partial charge in [0.05, 0.1) is 5.69 Å². The Balaban J connectivity index is 2.34. The average Bonchev–Trinajstić information content (AvgIpc) is 2.30. The van der Waals surface area contributed by atoms with Crippen LogP contribution in [0.15, 0.2) is 42.9 Å². The molecule has 0 saturated carbocycles. The molecule has 2 nitrogen and oxygen atoms in total. The lowest BCUT2D eigenvalue weighted by Crippen LogP contribution is -1.84. The molecule has 0 fully saturated rings. The number of halogens is 1. The second-order valence-electron chi connectivity index (χ2n) is 2.93. The molecule has 0 bridgehead atoms. The number of rotatable bonds is 2. The molecule has 0 radical (unpaired) electrons. The third-order valence-electron chi connectivity index (χ3n) is 1.99. The van der Waals surface area contributed by atoms with E-state index >= 15 is 0 Å². The summed E-state index contributed by atoms with van der Waals surface area (Å²) in [5, 5.41) is 0.886. The summed E-state index contributed by atoms with van der Waals surface area (Å²) in [5.41, 5.74) is 3.35. The van der Waals surface area contributed by atoms with Crippen LogP contribution in [-0.4, -0.2) is 9.97 Å². The Morgan fingerprint density at radius 2 is 1.86 bits per heavy atom. The summed E-state index contributed by atoms with van der Waals surface area (Å²) >= 11 is 3.41. The molecule has 0 saturated heterocycles. The first kappa shape index (κ1) is 9.34. The van der Waals surface area contributed by atoms with Gasteiger partial charge in [0.2, 0.25) is 0 Å². The molecule has 0 aliphatic carbocycles. The molecule has 1 heterocycles. The summed E-state index contributed by atoms with van der Waals surface area (Å²) in [6, 6.07) is 10.2. The Morgan fingerprint density at radius 3 is 2.43 bits per heavy atom. The number of aromatic nitrogens is 2. The van der Waals surface area contributed by atoms with Crippen molar-refractivity contribution in [1.29, 1.82) is 0 Å². The van der Waals surface area contributed by atoms with E-state index in [1.165, 1.54) is 5.56 Å². The molecule has 0 aliphatic rings. The number of alkyl halides is 1. The standard InChI is InChI=1S/C11H9BrN2/c12-7-9-1-3-10(4-2-9)11-5-6-13-8-14-11/h1-6,8H,7H2. The molecular weight excluding hydrogens is 240 g/mol. The molecule has 0 amide bonds. The minimum Gasteiger partial charge on any atom is -0.245 e. The number of hydrogen-bond donors (Lipinski definition) is 0. The van der Waals surface area contributed by atoms with Crippen molar-refractivity contribution < 1.29 is 0 Å². The van der Waals surface area contributed by atoms with Crippen LogP contribution in [-0.2, 0) is 5.33 Å². The highest BCUT2D eigenvalue weighted by atomic mass is 79.9. The zero-order chi connectivity index (χ0) is 9.80. The Hall–Kier alpha value is -1.22. The fraction of sp³-hybridized carbons (Fsp3) is 0.0909. The van der Waals surface area contributed by atoms with Crippen molar-refractivity contribution in [2.24, 2.45) is 0 Å². The fourth-order valence-electron chi connectivity index (χ4n) is 1.23. The molecule has 3 heteroatoms. The normalized spacial score (nSPS) is 10.1. The quantitative estimate of drug-likeness (QED) is 0.764. The smallest absolute Gasteiger partial charge is 0.116 e. The number of hydrogen-bond acceptors (Lipinski definition) is 2. The summed E-state index contributed by atoms with van der Waals surface area (Å²) in [4.78, 5) is 8.07. The summed E-state index contributed by atoms with van der Waals surface area (Å²) in [6.45, 7) is 0. The molecular formula is C11H9BrN2. The van der Waals surface area contributed by atoms with Crippen LogP contribution in [0.4, 0.5) is 0 Å². The summed E-state index contributed by atoms with van der Waals surface area (Å²) in [7, 11) is 0. The van der Waals surface area contributed by atoms with Gasteiger partial charge in [-0.25, -0.2) is 9.97 Å². The van der Waals surface area contributed by atoms with Gasteiger partial charge in [0.25, 0.3) is 0 Å². The molecule has 14 heavy (non-hydrogen) atoms. The van der Waals surface area contributed by atoms with Gasteiger partial charge in [-0.15, -0.1) is 0 Å². The molecule has 0 unspecified atom stereocenters. The second-order valence-corrected chi connectivity index (χ2v) is 3.49. The van der Waals surface area contributed by atoms with Crippen molar-refractivity contribution in [3.05, 3.63) is 48.4 Å². The van der Waals surface area contributed by atoms with Gasteiger partial charge in [0.15, 0.2) is 0 Å². The van der Waals surface area contributed by atoms with Crippen LogP contribution in [0, 0.1) is 0 Å². The van der Waals surface area contributed by atoms with E-state index in [-0.39, 0.29) is 0 Å². The average molecular weight is 249 g/mol. The van der Waals surface area contributed by atoms with Crippen molar-refractivity contribution >= 4 is 15.9 Å². The zero-order valence-corrected chi connectivity index (χ0v) is 9.11. The van der Waals surface area contributed by atoms with Gasteiger partial charge >= 0.3 is 0 Å². The maximum atomic E-state index is 4.18. The van der Waals surface area contributed by atoms with Crippen molar-refractivity contribution in [3.63, 3.8) is 0 Å². The van der Waals surface area contributed by atoms with E-state index < -0.39 is 0 Å². The number of nitrogens with zero attached hydrogens (tertiary/aromatic N) is 2. The first-order chi connectivity index (χ1) is 6.90. The van der Waals surface area contributed by atoms with E-state index in [4.69, 9.17) is 0 Å². The summed E-state index contributed by atoms with van der Waals surface area (Å²) in [5.74, 6) is 0. The van der Waals surface area contributed by atoms with Crippen molar-refractivity contribution in [3.8, 4) is 11.3 Å². The zero-order valence-electron chi connectivity index (χ0n) is 7.52. The van der Waals surface area contributed by atoms with E-state index in [9.17, 15) is 0 Å². The molecule has 1 aromatic carbocycles. The first-order valence-corrected chi connectivity index (χ1v) is 5.43. The predicted octanol–water partition coefficient (Wildman–Crippen LogP) is 3.04. The summed E-state index contributed by atoms with van der Waals surface area (Å²) < 4.78 is 0. The molecule has 2 aromatic rings. The highest BCUT2D eigenvalue weighted by Gasteiger charge is 1.97. The van der Waals surface area contributed by atoms with Gasteiger partial charge in [0.1, 0.15) is 6.33 Å². The third kappa shape index (κ3) is 1.99. The Bertz CT molecular complexity index is 397. The molecule has 0 N–H and O–H groups in total. The lowest BCUT2D eigenvalue weighted by molar-refractivity contribution is 1.17. The highest BCUT2D eigenvalue weighted by Crippen LogP contribution is 2.17. The van der Waals surface area contributed by atoms with E-state index in [0.29, 0.717) is 0 Å². The maximum Gasteiger partial charge on any atom is 0.116 e. The van der Waals surface area contributed by atoms with E-state index in [2.05, 4.69) is 50.2 Å². The van der Waals surface area contributed by atoms with E-state index in [0.717, 1.165) is 16.6 Å². The van der Waals surface area contributed by atoms with Crippen molar-refractivity contribution in [1.82, 2.24) is 9.97 Å². The second kappa shape index (κ2) is 4.33. The van der Waals surface area contributed by atoms with Crippen LogP contribution in [0.2, 0.25) is 0 Å². The van der Waals surface area contributed by atoms with Gasteiger partial charge in [-0.2, -0.15) is 0 Å². The van der Waals surface area contributed by atoms with Gasteiger partial charge in [-0.1, -0.05) is 40.2 Å². The summed E-state index contributed by atoms with van der Waals surface area (Å²) in [6.07, 6.45) is 3.31. The van der Waals surface area contributed by atoms with Gasteiger partial charge in [0, 0.05) is 17.1 Å². The van der Waals surface area contributed by atoms with E-state index in [1.54, 1.807) is 12.5 Å². The maximum absolute atomic E-state index is 4.18. The van der Waals surface area contributed by atoms with Crippen LogP contribution in [0.25, 0.3) is 11.3 Å². The molecule has 0 spiro atoms. The monoisotopic (exact) mass is 248 g/mol. The lowest BCUT2D eigenvalue weighted by Gasteiger charge is -2.00. The topological polar surface area (TPSA) is 25.8 Å². The van der Waals surface area contributed by atoms with Crippen molar-refractivity contribution in [2.75, 3.05) is 0 Å². The minimum absolute atomic E-state index is 0.886. The SMILES string of the molecule is BrCc1ccc(-c2ccncn2)cc1. The third-order valence-corrected chi connectivity index (χ3v) is 2.63. The van der Waals surface area contributed by atoms with Gasteiger partial charge in [-0.3, -0.25) is 0 Å². The fourth-order valence-corrected chi connectivity index (χ4v) is 1.60. The molecule has 0 atom stereocenters. The Morgan fingerprint density at radius 1 is 1.07 bits per heavy atom. The molecule has 2 rings (SSSR count). The predicted molar refractivity (Wildman–Crippen MR) is 60.1 cm³/mol. The minimum atomic E-state index is 0.886. The van der Waals surface area contributed by atoms with Crippen LogP contribution in [0.5, 0.6) is 0 Å². The van der Waals surface area contributed by atoms with Crippen LogP contribution >= 0.6 is 15.9 Å². The van der Waals surface area contributed by atoms with Crippen molar-refractivity contribution in [2.45, 2.75) is 5.33 Å². The Kier molecular flexibility index (Phi) is 2.89.